The Kier molecular flexibility index (Phi) is 4.34. The van der Waals surface area contributed by atoms with Crippen LogP contribution in [0.1, 0.15) is 6.92 Å². The first-order valence-corrected chi connectivity index (χ1v) is 6.12. The number of ether oxygens (including phenoxy) is 1. The smallest absolute Gasteiger partial charge is 0.328 e. The Morgan fingerprint density at radius 2 is 2.05 bits per heavy atom. The fourth-order valence-electron chi connectivity index (χ4n) is 1.26. The molecular weight excluding hydrogens is 294 g/mol. The molecule has 0 bridgehead atoms. The van der Waals surface area contributed by atoms with Crippen LogP contribution in [0.15, 0.2) is 18.2 Å². The number of hydrogen-bond acceptors (Lipinski definition) is 5. The van der Waals surface area contributed by atoms with Crippen molar-refractivity contribution in [2.75, 3.05) is 11.9 Å². The lowest BCUT2D eigenvalue weighted by Crippen LogP contribution is -2.04. The van der Waals surface area contributed by atoms with Gasteiger partial charge in [-0.1, -0.05) is 11.6 Å². The third-order valence-corrected chi connectivity index (χ3v) is 2.48. The minimum atomic E-state index is -0.531. The van der Waals surface area contributed by atoms with Gasteiger partial charge in [0, 0.05) is 12.6 Å². The lowest BCUT2D eigenvalue weighted by atomic mass is 10.3. The quantitative estimate of drug-likeness (QED) is 0.936. The van der Waals surface area contributed by atoms with Crippen molar-refractivity contribution in [3.05, 3.63) is 34.3 Å². The monoisotopic (exact) mass is 302 g/mol. The van der Waals surface area contributed by atoms with E-state index in [0.29, 0.717) is 18.2 Å². The van der Waals surface area contributed by atoms with Gasteiger partial charge in [-0.2, -0.15) is 15.0 Å². The molecule has 0 amide bonds. The lowest BCUT2D eigenvalue weighted by Gasteiger charge is -2.06. The van der Waals surface area contributed by atoms with Crippen LogP contribution >= 0.6 is 23.2 Å². The van der Waals surface area contributed by atoms with Crippen molar-refractivity contribution in [3.8, 4) is 11.8 Å². The van der Waals surface area contributed by atoms with Crippen molar-refractivity contribution in [1.82, 2.24) is 15.0 Å². The fourth-order valence-corrected chi connectivity index (χ4v) is 1.58. The number of anilines is 1. The molecule has 19 heavy (non-hydrogen) atoms. The summed E-state index contributed by atoms with van der Waals surface area (Å²) in [5.41, 5.74) is 0. The largest absolute Gasteiger partial charge is 0.424 e. The van der Waals surface area contributed by atoms with E-state index < -0.39 is 5.82 Å². The van der Waals surface area contributed by atoms with Crippen LogP contribution < -0.4 is 10.1 Å². The Hall–Kier alpha value is -1.66. The van der Waals surface area contributed by atoms with E-state index in [4.69, 9.17) is 27.9 Å². The molecule has 2 aromatic rings. The highest BCUT2D eigenvalue weighted by Gasteiger charge is 2.08. The second-order valence-electron chi connectivity index (χ2n) is 3.42. The third kappa shape index (κ3) is 3.65. The van der Waals surface area contributed by atoms with E-state index in [0.717, 1.165) is 0 Å². The Bertz CT molecular complexity index is 597. The van der Waals surface area contributed by atoms with E-state index in [2.05, 4.69) is 20.3 Å². The SMILES string of the molecule is CCNc1nc(Cl)nc(Oc2ccc(F)c(Cl)c2)n1. The first-order valence-electron chi connectivity index (χ1n) is 5.37. The zero-order valence-electron chi connectivity index (χ0n) is 9.82. The third-order valence-electron chi connectivity index (χ3n) is 2.02. The van der Waals surface area contributed by atoms with Gasteiger partial charge in [-0.3, -0.25) is 0 Å². The average molecular weight is 303 g/mol. The highest BCUT2D eigenvalue weighted by Crippen LogP contribution is 2.25. The normalized spacial score (nSPS) is 10.3. The van der Waals surface area contributed by atoms with Gasteiger partial charge in [-0.05, 0) is 30.7 Å². The predicted molar refractivity (Wildman–Crippen MR) is 70.5 cm³/mol. The molecular formula is C11H9Cl2FN4O. The Morgan fingerprint density at radius 3 is 2.74 bits per heavy atom. The van der Waals surface area contributed by atoms with E-state index in [1.807, 2.05) is 6.92 Å². The van der Waals surface area contributed by atoms with Crippen LogP contribution in [-0.4, -0.2) is 21.5 Å². The maximum Gasteiger partial charge on any atom is 0.328 e. The van der Waals surface area contributed by atoms with Gasteiger partial charge < -0.3 is 10.1 Å². The Morgan fingerprint density at radius 1 is 1.26 bits per heavy atom. The Balaban J connectivity index is 2.24. The van der Waals surface area contributed by atoms with Crippen molar-refractivity contribution < 1.29 is 9.13 Å². The van der Waals surface area contributed by atoms with Gasteiger partial charge in [-0.15, -0.1) is 0 Å². The van der Waals surface area contributed by atoms with Gasteiger partial charge in [0.1, 0.15) is 11.6 Å². The molecule has 0 saturated carbocycles. The van der Waals surface area contributed by atoms with Gasteiger partial charge in [0.05, 0.1) is 5.02 Å². The summed E-state index contributed by atoms with van der Waals surface area (Å²) >= 11 is 11.4. The molecule has 0 radical (unpaired) electrons. The standard InChI is InChI=1S/C11H9Cl2FN4O/c1-2-15-10-16-9(13)17-11(18-10)19-6-3-4-8(14)7(12)5-6/h3-5H,2H2,1H3,(H,15,16,17,18). The van der Waals surface area contributed by atoms with Crippen LogP contribution in [0.5, 0.6) is 11.8 Å². The molecule has 0 aliphatic heterocycles. The van der Waals surface area contributed by atoms with Crippen LogP contribution in [0.25, 0.3) is 0 Å². The zero-order valence-corrected chi connectivity index (χ0v) is 11.3. The maximum absolute atomic E-state index is 13.0. The number of benzene rings is 1. The van der Waals surface area contributed by atoms with Gasteiger partial charge in [-0.25, -0.2) is 4.39 Å². The summed E-state index contributed by atoms with van der Waals surface area (Å²) in [5, 5.41) is 2.83. The van der Waals surface area contributed by atoms with Crippen molar-refractivity contribution in [3.63, 3.8) is 0 Å². The van der Waals surface area contributed by atoms with Crippen LogP contribution in [0, 0.1) is 5.82 Å². The highest BCUT2D eigenvalue weighted by molar-refractivity contribution is 6.30. The summed E-state index contributed by atoms with van der Waals surface area (Å²) in [6.45, 7) is 2.51. The van der Waals surface area contributed by atoms with Gasteiger partial charge in [0.15, 0.2) is 0 Å². The molecule has 1 heterocycles. The van der Waals surface area contributed by atoms with Crippen molar-refractivity contribution >= 4 is 29.2 Å². The molecule has 1 aromatic heterocycles. The van der Waals surface area contributed by atoms with Crippen LogP contribution in [-0.2, 0) is 0 Å². The van der Waals surface area contributed by atoms with Gasteiger partial charge >= 0.3 is 6.01 Å². The molecule has 0 spiro atoms. The molecule has 5 nitrogen and oxygen atoms in total. The number of aromatic nitrogens is 3. The maximum atomic E-state index is 13.0. The first-order chi connectivity index (χ1) is 9.08. The fraction of sp³-hybridized carbons (Fsp3) is 0.182. The van der Waals surface area contributed by atoms with Crippen molar-refractivity contribution in [2.45, 2.75) is 6.92 Å². The number of rotatable bonds is 4. The van der Waals surface area contributed by atoms with Crippen LogP contribution in [0.2, 0.25) is 10.3 Å². The summed E-state index contributed by atoms with van der Waals surface area (Å²) in [4.78, 5) is 11.7. The van der Waals surface area contributed by atoms with Crippen LogP contribution in [0.3, 0.4) is 0 Å². The van der Waals surface area contributed by atoms with E-state index in [9.17, 15) is 4.39 Å². The van der Waals surface area contributed by atoms with E-state index in [1.165, 1.54) is 18.2 Å². The number of nitrogens with zero attached hydrogens (tertiary/aromatic N) is 3. The summed E-state index contributed by atoms with van der Waals surface area (Å²) in [6, 6.07) is 3.91. The summed E-state index contributed by atoms with van der Waals surface area (Å²) in [6.07, 6.45) is 0. The van der Waals surface area contributed by atoms with Gasteiger partial charge in [0.25, 0.3) is 0 Å². The van der Waals surface area contributed by atoms with E-state index in [-0.39, 0.29) is 16.3 Å². The molecule has 1 aromatic carbocycles. The number of hydrogen-bond donors (Lipinski definition) is 1. The molecule has 0 fully saturated rings. The number of nitrogens with one attached hydrogen (secondary N) is 1. The molecule has 0 unspecified atom stereocenters. The average Bonchev–Trinajstić information content (AvgIpc) is 2.33. The lowest BCUT2D eigenvalue weighted by molar-refractivity contribution is 0.439. The van der Waals surface area contributed by atoms with E-state index in [1.54, 1.807) is 0 Å². The topological polar surface area (TPSA) is 59.9 Å². The summed E-state index contributed by atoms with van der Waals surface area (Å²) in [7, 11) is 0. The molecule has 0 atom stereocenters. The van der Waals surface area contributed by atoms with Crippen LogP contribution in [0.4, 0.5) is 10.3 Å². The zero-order chi connectivity index (χ0) is 13.8. The molecule has 100 valence electrons. The molecule has 8 heteroatoms. The predicted octanol–water partition coefficient (Wildman–Crippen LogP) is 3.54. The second kappa shape index (κ2) is 5.99. The first kappa shape index (κ1) is 13.8. The summed E-state index contributed by atoms with van der Waals surface area (Å²) < 4.78 is 18.4. The van der Waals surface area contributed by atoms with Gasteiger partial charge in [0.2, 0.25) is 11.2 Å². The van der Waals surface area contributed by atoms with E-state index >= 15 is 0 Å². The molecule has 0 aliphatic rings. The molecule has 0 saturated heterocycles. The van der Waals surface area contributed by atoms with Crippen molar-refractivity contribution in [1.29, 1.82) is 0 Å². The Labute approximate surface area is 118 Å². The highest BCUT2D eigenvalue weighted by atomic mass is 35.5. The summed E-state index contributed by atoms with van der Waals surface area (Å²) in [5.74, 6) is 0.0675. The molecule has 0 aliphatic carbocycles. The number of halogens is 3. The second-order valence-corrected chi connectivity index (χ2v) is 4.16. The van der Waals surface area contributed by atoms with Crippen molar-refractivity contribution in [2.24, 2.45) is 0 Å². The minimum Gasteiger partial charge on any atom is -0.424 e. The molecule has 1 N–H and O–H groups in total. The minimum absolute atomic E-state index is 0.00127. The molecule has 2 rings (SSSR count).